The SMILES string of the molecule is C=C(C)C(=O)OCC(=O)N1OCC2CC3CC(C)CC3CC21. The summed E-state index contributed by atoms with van der Waals surface area (Å²) in [5, 5.41) is 1.48. The van der Waals surface area contributed by atoms with Crippen molar-refractivity contribution in [1.29, 1.82) is 0 Å². The molecule has 5 heteroatoms. The van der Waals surface area contributed by atoms with E-state index < -0.39 is 5.97 Å². The second kappa shape index (κ2) is 6.03. The molecular formula is C17H25NO4. The first kappa shape index (κ1) is 15.5. The molecule has 1 saturated heterocycles. The molecule has 3 rings (SSSR count). The topological polar surface area (TPSA) is 55.8 Å². The predicted octanol–water partition coefficient (Wildman–Crippen LogP) is 2.32. The lowest BCUT2D eigenvalue weighted by Gasteiger charge is -2.36. The minimum atomic E-state index is -0.530. The van der Waals surface area contributed by atoms with Crippen LogP contribution in [-0.2, 0) is 19.2 Å². The quantitative estimate of drug-likeness (QED) is 0.593. The normalized spacial score (nSPS) is 36.6. The molecule has 0 N–H and O–H groups in total. The molecule has 3 fully saturated rings. The zero-order valence-electron chi connectivity index (χ0n) is 13.4. The van der Waals surface area contributed by atoms with E-state index in [-0.39, 0.29) is 18.6 Å². The zero-order valence-corrected chi connectivity index (χ0v) is 13.4. The minimum absolute atomic E-state index is 0.155. The van der Waals surface area contributed by atoms with E-state index in [1.165, 1.54) is 17.9 Å². The molecule has 22 heavy (non-hydrogen) atoms. The third kappa shape index (κ3) is 2.91. The van der Waals surface area contributed by atoms with Crippen LogP contribution in [0.1, 0.15) is 39.5 Å². The average molecular weight is 307 g/mol. The molecule has 5 atom stereocenters. The van der Waals surface area contributed by atoms with E-state index in [0.717, 1.165) is 24.7 Å². The van der Waals surface area contributed by atoms with E-state index in [1.54, 1.807) is 6.92 Å². The van der Waals surface area contributed by atoms with Gasteiger partial charge in [0, 0.05) is 11.5 Å². The van der Waals surface area contributed by atoms with Crippen LogP contribution in [0.2, 0.25) is 0 Å². The third-order valence-corrected chi connectivity index (χ3v) is 5.42. The van der Waals surface area contributed by atoms with E-state index in [4.69, 9.17) is 9.57 Å². The van der Waals surface area contributed by atoms with Gasteiger partial charge in [-0.3, -0.25) is 9.63 Å². The Morgan fingerprint density at radius 1 is 1.18 bits per heavy atom. The Balaban J connectivity index is 1.58. The predicted molar refractivity (Wildman–Crippen MR) is 80.5 cm³/mol. The molecule has 3 aliphatic rings. The molecule has 1 heterocycles. The third-order valence-electron chi connectivity index (χ3n) is 5.42. The summed E-state index contributed by atoms with van der Waals surface area (Å²) in [4.78, 5) is 29.3. The fraction of sp³-hybridized carbons (Fsp3) is 0.765. The summed E-state index contributed by atoms with van der Waals surface area (Å²) < 4.78 is 4.95. The van der Waals surface area contributed by atoms with Gasteiger partial charge in [-0.05, 0) is 50.4 Å². The molecule has 0 bridgehead atoms. The second-order valence-corrected chi connectivity index (χ2v) is 7.27. The van der Waals surface area contributed by atoms with Gasteiger partial charge in [-0.2, -0.15) is 0 Å². The summed E-state index contributed by atoms with van der Waals surface area (Å²) in [7, 11) is 0. The average Bonchev–Trinajstić information content (AvgIpc) is 3.02. The Morgan fingerprint density at radius 3 is 2.55 bits per heavy atom. The highest BCUT2D eigenvalue weighted by Crippen LogP contribution is 2.49. The molecule has 2 aliphatic carbocycles. The van der Waals surface area contributed by atoms with Gasteiger partial charge in [0.2, 0.25) is 0 Å². The van der Waals surface area contributed by atoms with Gasteiger partial charge in [0.1, 0.15) is 0 Å². The number of rotatable bonds is 3. The maximum atomic E-state index is 12.3. The number of fused-ring (bicyclic) bond motifs is 2. The van der Waals surface area contributed by atoms with Gasteiger partial charge >= 0.3 is 5.97 Å². The number of hydrogen-bond donors (Lipinski definition) is 0. The Kier molecular flexibility index (Phi) is 4.26. The summed E-state index contributed by atoms with van der Waals surface area (Å²) in [5.41, 5.74) is 0.300. The van der Waals surface area contributed by atoms with Crippen LogP contribution in [0.15, 0.2) is 12.2 Å². The van der Waals surface area contributed by atoms with Crippen molar-refractivity contribution in [2.45, 2.75) is 45.6 Å². The molecular weight excluding hydrogens is 282 g/mol. The second-order valence-electron chi connectivity index (χ2n) is 7.27. The number of esters is 1. The number of carbonyl (C=O) groups is 2. The summed E-state index contributed by atoms with van der Waals surface area (Å²) in [6.45, 7) is 7.75. The van der Waals surface area contributed by atoms with Crippen LogP contribution in [0, 0.1) is 23.7 Å². The van der Waals surface area contributed by atoms with Crippen LogP contribution in [0.5, 0.6) is 0 Å². The molecule has 0 spiro atoms. The van der Waals surface area contributed by atoms with Gasteiger partial charge in [-0.25, -0.2) is 9.86 Å². The van der Waals surface area contributed by atoms with Crippen molar-refractivity contribution in [1.82, 2.24) is 5.06 Å². The largest absolute Gasteiger partial charge is 0.452 e. The monoisotopic (exact) mass is 307 g/mol. The molecule has 1 aliphatic heterocycles. The molecule has 0 aromatic rings. The molecule has 0 radical (unpaired) electrons. The van der Waals surface area contributed by atoms with Crippen LogP contribution in [0.25, 0.3) is 0 Å². The van der Waals surface area contributed by atoms with Gasteiger partial charge in [-0.1, -0.05) is 13.5 Å². The summed E-state index contributed by atoms with van der Waals surface area (Å²) in [5.74, 6) is 1.97. The molecule has 5 nitrogen and oxygen atoms in total. The van der Waals surface area contributed by atoms with Gasteiger partial charge in [0.05, 0.1) is 12.6 Å². The van der Waals surface area contributed by atoms with E-state index in [2.05, 4.69) is 13.5 Å². The Hall–Kier alpha value is -1.36. The van der Waals surface area contributed by atoms with Gasteiger partial charge < -0.3 is 4.74 Å². The van der Waals surface area contributed by atoms with Crippen LogP contribution >= 0.6 is 0 Å². The van der Waals surface area contributed by atoms with Crippen molar-refractivity contribution >= 4 is 11.9 Å². The van der Waals surface area contributed by atoms with Crippen LogP contribution in [-0.4, -0.2) is 36.2 Å². The highest BCUT2D eigenvalue weighted by Gasteiger charge is 2.48. The molecule has 2 saturated carbocycles. The molecule has 0 aromatic heterocycles. The van der Waals surface area contributed by atoms with Crippen molar-refractivity contribution < 1.29 is 19.2 Å². The summed E-state index contributed by atoms with van der Waals surface area (Å²) >= 11 is 0. The fourth-order valence-corrected chi connectivity index (χ4v) is 4.45. The lowest BCUT2D eigenvalue weighted by atomic mass is 9.73. The number of amides is 1. The first-order chi connectivity index (χ1) is 10.5. The van der Waals surface area contributed by atoms with Crippen molar-refractivity contribution in [2.24, 2.45) is 23.7 Å². The Bertz CT molecular complexity index is 489. The number of carbonyl (C=O) groups excluding carboxylic acids is 2. The van der Waals surface area contributed by atoms with Crippen molar-refractivity contribution in [3.05, 3.63) is 12.2 Å². The smallest absolute Gasteiger partial charge is 0.333 e. The molecule has 5 unspecified atom stereocenters. The van der Waals surface area contributed by atoms with Crippen molar-refractivity contribution in [2.75, 3.05) is 13.2 Å². The van der Waals surface area contributed by atoms with Crippen molar-refractivity contribution in [3.8, 4) is 0 Å². The van der Waals surface area contributed by atoms with E-state index in [0.29, 0.717) is 24.0 Å². The molecule has 122 valence electrons. The standard InChI is InChI=1S/C17H25NO4/c1-10(2)17(20)21-9-16(19)18-15-7-13-5-11(3)4-12(13)6-14(15)8-22-18/h11-15H,1,4-9H2,2-3H3. The Morgan fingerprint density at radius 2 is 1.86 bits per heavy atom. The van der Waals surface area contributed by atoms with E-state index >= 15 is 0 Å². The first-order valence-electron chi connectivity index (χ1n) is 8.23. The zero-order chi connectivity index (χ0) is 15.9. The summed E-state index contributed by atoms with van der Waals surface area (Å²) in [6.07, 6.45) is 4.77. The highest BCUT2D eigenvalue weighted by molar-refractivity contribution is 5.89. The minimum Gasteiger partial charge on any atom is -0.452 e. The first-order valence-corrected chi connectivity index (χ1v) is 8.23. The fourth-order valence-electron chi connectivity index (χ4n) is 4.45. The Labute approximate surface area is 131 Å². The highest BCUT2D eigenvalue weighted by atomic mass is 16.7. The maximum absolute atomic E-state index is 12.3. The van der Waals surface area contributed by atoms with Gasteiger partial charge in [-0.15, -0.1) is 0 Å². The van der Waals surface area contributed by atoms with Crippen molar-refractivity contribution in [3.63, 3.8) is 0 Å². The molecule has 1 amide bonds. The summed E-state index contributed by atoms with van der Waals surface area (Å²) in [6, 6.07) is 0.155. The maximum Gasteiger partial charge on any atom is 0.333 e. The lowest BCUT2D eigenvalue weighted by Crippen LogP contribution is -2.43. The van der Waals surface area contributed by atoms with Crippen LogP contribution in [0.4, 0.5) is 0 Å². The van der Waals surface area contributed by atoms with Crippen LogP contribution < -0.4 is 0 Å². The van der Waals surface area contributed by atoms with Gasteiger partial charge in [0.25, 0.3) is 5.91 Å². The molecule has 0 aromatic carbocycles. The number of nitrogens with zero attached hydrogens (tertiary/aromatic N) is 1. The van der Waals surface area contributed by atoms with E-state index in [9.17, 15) is 9.59 Å². The number of ether oxygens (including phenoxy) is 1. The number of hydrogen-bond acceptors (Lipinski definition) is 4. The van der Waals surface area contributed by atoms with Crippen LogP contribution in [0.3, 0.4) is 0 Å². The van der Waals surface area contributed by atoms with Gasteiger partial charge in [0.15, 0.2) is 6.61 Å². The van der Waals surface area contributed by atoms with E-state index in [1.807, 2.05) is 0 Å². The lowest BCUT2D eigenvalue weighted by molar-refractivity contribution is -0.184. The number of hydroxylamine groups is 2.